The fraction of sp³-hybridized carbons (Fsp3) is 0.480. The van der Waals surface area contributed by atoms with Crippen molar-refractivity contribution < 1.29 is 32.3 Å². The first-order valence-electron chi connectivity index (χ1n) is 23.9. The fourth-order valence-corrected chi connectivity index (χ4v) is 12.8. The first-order chi connectivity index (χ1) is 32.5. The van der Waals surface area contributed by atoms with Crippen LogP contribution in [0, 0.1) is 28.4 Å². The third-order valence-electron chi connectivity index (χ3n) is 15.5. The predicted octanol–water partition coefficient (Wildman–Crippen LogP) is 8.01. The summed E-state index contributed by atoms with van der Waals surface area (Å²) in [7, 11) is -4.59. The number of rotatable bonds is 11. The minimum absolute atomic E-state index is 0.118. The number of nitro benzene ring substituents is 1. The van der Waals surface area contributed by atoms with E-state index in [2.05, 4.69) is 56.0 Å². The van der Waals surface area contributed by atoms with Crippen molar-refractivity contribution >= 4 is 55.4 Å². The van der Waals surface area contributed by atoms with E-state index in [0.717, 1.165) is 62.5 Å². The number of carbonyl (C=O) groups excluding carboxylic acids is 1. The van der Waals surface area contributed by atoms with Gasteiger partial charge in [0, 0.05) is 74.7 Å². The van der Waals surface area contributed by atoms with Gasteiger partial charge in [-0.25, -0.2) is 13.1 Å². The highest BCUT2D eigenvalue weighted by molar-refractivity contribution is 7.90. The number of nitrogens with one attached hydrogen (secondary N) is 3. The van der Waals surface area contributed by atoms with Crippen molar-refractivity contribution in [2.24, 2.45) is 11.3 Å². The van der Waals surface area contributed by atoms with Gasteiger partial charge >= 0.3 is 0 Å². The predicted molar refractivity (Wildman–Crippen MR) is 255 cm³/mol. The Morgan fingerprint density at radius 2 is 1.75 bits per heavy atom. The maximum absolute atomic E-state index is 14.6. The number of hydrogen-bond acceptors (Lipinski definition) is 13. The molecule has 2 aromatic heterocycles. The van der Waals surface area contributed by atoms with Gasteiger partial charge in [0.05, 0.1) is 40.3 Å². The van der Waals surface area contributed by atoms with E-state index in [1.165, 1.54) is 48.9 Å². The van der Waals surface area contributed by atoms with Crippen molar-refractivity contribution in [3.05, 3.63) is 106 Å². The summed E-state index contributed by atoms with van der Waals surface area (Å²) in [6.07, 6.45) is 10.7. The van der Waals surface area contributed by atoms with Crippen LogP contribution in [0.4, 0.5) is 28.4 Å². The van der Waals surface area contributed by atoms with E-state index in [4.69, 9.17) is 19.2 Å². The van der Waals surface area contributed by atoms with Crippen molar-refractivity contribution in [3.8, 4) is 5.88 Å². The third-order valence-corrected chi connectivity index (χ3v) is 16.9. The van der Waals surface area contributed by atoms with Crippen LogP contribution in [0.15, 0.2) is 83.9 Å². The molecule has 3 aromatic carbocycles. The Bertz CT molecular complexity index is 2800. The van der Waals surface area contributed by atoms with Gasteiger partial charge in [0.2, 0.25) is 5.88 Å². The second kappa shape index (κ2) is 17.7. The molecule has 5 fully saturated rings. The molecule has 0 radical (unpaired) electrons. The number of ether oxygens (including phenoxy) is 3. The molecule has 5 aromatic rings. The maximum atomic E-state index is 14.6. The number of aromatic nitrogens is 2. The first-order valence-corrected chi connectivity index (χ1v) is 25.4. The molecule has 16 nitrogen and oxygen atoms in total. The topological polar surface area (TPSA) is 184 Å². The molecule has 0 unspecified atom stereocenters. The molecule has 1 spiro atoms. The summed E-state index contributed by atoms with van der Waals surface area (Å²) in [6.45, 7) is 7.65. The lowest BCUT2D eigenvalue weighted by Crippen LogP contribution is -2.55. The highest BCUT2D eigenvalue weighted by atomic mass is 32.2. The summed E-state index contributed by atoms with van der Waals surface area (Å²) in [5.41, 5.74) is 5.79. The Kier molecular flexibility index (Phi) is 11.6. The second-order valence-electron chi connectivity index (χ2n) is 19.5. The number of nitrogens with zero attached hydrogens (tertiary/aromatic N) is 5. The molecular formula is C50H58N8O8S. The quantitative estimate of drug-likeness (QED) is 0.0856. The monoisotopic (exact) mass is 930 g/mol. The average molecular weight is 931 g/mol. The molecule has 3 N–H and O–H groups in total. The van der Waals surface area contributed by atoms with Crippen LogP contribution in [0.2, 0.25) is 0 Å². The number of anilines is 4. The molecule has 4 saturated heterocycles. The van der Waals surface area contributed by atoms with Gasteiger partial charge in [-0.05, 0) is 130 Å². The van der Waals surface area contributed by atoms with Crippen molar-refractivity contribution in [1.82, 2.24) is 19.6 Å². The van der Waals surface area contributed by atoms with Crippen LogP contribution < -0.4 is 24.6 Å². The minimum Gasteiger partial charge on any atom is -0.470 e. The standard InChI is InChI=1S/C50H58N8O8S/c1-32-5-2-3-6-38(32)41-7-4-19-56(41)36-28-50(29-36)16-20-55(21-17-50)35-8-10-39(42(26-35)57-44-25-34-12-18-51-47(34)53-49(44)66-46-15-24-65-31-45(46)57)48(59)54-67(62,63)37-9-11-40(43(27-37)58(60)61)52-30-33-13-22-64-23-14-33/h2-3,5-6,8-12,18,25-27,33,36,41,45-46,52H,4,7,13-17,19-24,28-31H2,1H3,(H,51,53)(H,54,59)/t41-,45+,46+/m0/s1. The lowest BCUT2D eigenvalue weighted by molar-refractivity contribution is -0.384. The zero-order valence-electron chi connectivity index (χ0n) is 37.8. The van der Waals surface area contributed by atoms with E-state index in [0.29, 0.717) is 79.8 Å². The number of H-pyrrole nitrogens is 1. The number of pyridine rings is 1. The molecule has 1 saturated carbocycles. The van der Waals surface area contributed by atoms with Gasteiger partial charge in [-0.15, -0.1) is 0 Å². The number of nitro groups is 1. The van der Waals surface area contributed by atoms with E-state index < -0.39 is 31.4 Å². The molecule has 5 aliphatic heterocycles. The Morgan fingerprint density at radius 3 is 2.55 bits per heavy atom. The van der Waals surface area contributed by atoms with Gasteiger partial charge in [0.1, 0.15) is 23.1 Å². The molecule has 1 aliphatic carbocycles. The van der Waals surface area contributed by atoms with Gasteiger partial charge in [0.15, 0.2) is 0 Å². The van der Waals surface area contributed by atoms with Crippen LogP contribution in [-0.2, 0) is 19.5 Å². The molecule has 352 valence electrons. The Balaban J connectivity index is 0.879. The number of fused-ring (bicyclic) bond motifs is 3. The Hall–Kier alpha value is -5.75. The van der Waals surface area contributed by atoms with E-state index in [9.17, 15) is 23.3 Å². The highest BCUT2D eigenvalue weighted by Crippen LogP contribution is 2.54. The molecular weight excluding hydrogens is 873 g/mol. The zero-order chi connectivity index (χ0) is 45.9. The molecule has 11 rings (SSSR count). The summed E-state index contributed by atoms with van der Waals surface area (Å²) < 4.78 is 48.5. The number of amides is 1. The van der Waals surface area contributed by atoms with Crippen LogP contribution in [-0.4, -0.2) is 105 Å². The van der Waals surface area contributed by atoms with Crippen molar-refractivity contribution in [1.29, 1.82) is 0 Å². The number of sulfonamides is 1. The summed E-state index contributed by atoms with van der Waals surface area (Å²) in [4.78, 5) is 41.1. The number of aryl methyl sites for hydroxylation is 1. The minimum atomic E-state index is -4.59. The van der Waals surface area contributed by atoms with Crippen LogP contribution in [0.25, 0.3) is 11.0 Å². The van der Waals surface area contributed by atoms with E-state index in [1.54, 1.807) is 6.07 Å². The van der Waals surface area contributed by atoms with Gasteiger partial charge in [-0.3, -0.25) is 19.8 Å². The molecule has 7 heterocycles. The second-order valence-corrected chi connectivity index (χ2v) is 21.2. The molecule has 0 bridgehead atoms. The Labute approximate surface area is 390 Å². The van der Waals surface area contributed by atoms with E-state index >= 15 is 0 Å². The van der Waals surface area contributed by atoms with Crippen molar-refractivity contribution in [3.63, 3.8) is 0 Å². The third kappa shape index (κ3) is 8.37. The van der Waals surface area contributed by atoms with Gasteiger partial charge in [-0.1, -0.05) is 24.3 Å². The largest absolute Gasteiger partial charge is 0.470 e. The van der Waals surface area contributed by atoms with Gasteiger partial charge < -0.3 is 34.3 Å². The summed E-state index contributed by atoms with van der Waals surface area (Å²) in [5, 5.41) is 16.3. The number of aromatic amines is 1. The van der Waals surface area contributed by atoms with Crippen LogP contribution in [0.1, 0.15) is 85.3 Å². The SMILES string of the molecule is Cc1ccccc1[C@@H]1CCCN1C1CC2(CCN(c3ccc(C(=O)NS(=O)(=O)c4ccc(NCC5CCOCC5)c([N+](=O)[O-])c4)c(N4c5cc6cc[nH]c6nc5O[C@@H]5CCOC[C@H]54)c3)CC2)C1. The summed E-state index contributed by atoms with van der Waals surface area (Å²) >= 11 is 0. The zero-order valence-corrected chi connectivity index (χ0v) is 38.6. The molecule has 67 heavy (non-hydrogen) atoms. The van der Waals surface area contributed by atoms with E-state index in [-0.39, 0.29) is 29.3 Å². The number of piperidine rings is 1. The molecule has 6 aliphatic rings. The molecule has 1 amide bonds. The number of benzene rings is 3. The summed E-state index contributed by atoms with van der Waals surface area (Å²) in [5.74, 6) is -0.190. The van der Waals surface area contributed by atoms with Crippen LogP contribution in [0.5, 0.6) is 5.88 Å². The van der Waals surface area contributed by atoms with Gasteiger partial charge in [0.25, 0.3) is 21.6 Å². The fourth-order valence-electron chi connectivity index (χ4n) is 11.8. The molecule has 3 atom stereocenters. The van der Waals surface area contributed by atoms with Gasteiger partial charge in [-0.2, -0.15) is 4.98 Å². The van der Waals surface area contributed by atoms with Crippen LogP contribution in [0.3, 0.4) is 0 Å². The average Bonchev–Trinajstić information content (AvgIpc) is 4.01. The van der Waals surface area contributed by atoms with Crippen molar-refractivity contribution in [2.45, 2.75) is 93.8 Å². The lowest BCUT2D eigenvalue weighted by atomic mass is 9.59. The van der Waals surface area contributed by atoms with Crippen LogP contribution >= 0.6 is 0 Å². The normalized spacial score (nSPS) is 23.3. The number of hydrogen-bond donors (Lipinski definition) is 3. The maximum Gasteiger partial charge on any atom is 0.293 e. The smallest absolute Gasteiger partial charge is 0.293 e. The van der Waals surface area contributed by atoms with Crippen molar-refractivity contribution in [2.75, 3.05) is 67.7 Å². The lowest BCUT2D eigenvalue weighted by Gasteiger charge is -2.56. The highest BCUT2D eigenvalue weighted by Gasteiger charge is 2.50. The number of likely N-dealkylation sites (tertiary alicyclic amines) is 1. The molecule has 17 heteroatoms. The first kappa shape index (κ1) is 43.8. The summed E-state index contributed by atoms with van der Waals surface area (Å²) in [6, 6.07) is 22.7. The van der Waals surface area contributed by atoms with E-state index in [1.807, 2.05) is 35.4 Å². The Morgan fingerprint density at radius 1 is 0.940 bits per heavy atom. The number of carbonyl (C=O) groups is 1.